The van der Waals surface area contributed by atoms with Crippen molar-refractivity contribution in [3.63, 3.8) is 0 Å². The average molecular weight is 464 g/mol. The van der Waals surface area contributed by atoms with Crippen LogP contribution in [-0.2, 0) is 14.3 Å². The van der Waals surface area contributed by atoms with Gasteiger partial charge in [0.2, 0.25) is 5.91 Å². The molecular weight excluding hydrogens is 434 g/mol. The van der Waals surface area contributed by atoms with E-state index in [-0.39, 0.29) is 36.2 Å². The molecular formula is C26H29N3O5. The summed E-state index contributed by atoms with van der Waals surface area (Å²) < 4.78 is 5.63. The molecule has 2 aliphatic carbocycles. The maximum absolute atomic E-state index is 13.1. The van der Waals surface area contributed by atoms with E-state index in [4.69, 9.17) is 4.74 Å². The van der Waals surface area contributed by atoms with Gasteiger partial charge in [-0.2, -0.15) is 0 Å². The number of carbonyl (C=O) groups is 3. The topological polar surface area (TPSA) is 99.2 Å². The van der Waals surface area contributed by atoms with Gasteiger partial charge in [0, 0.05) is 25.6 Å². The first kappa shape index (κ1) is 22.4. The highest BCUT2D eigenvalue weighted by Crippen LogP contribution is 2.51. The molecule has 3 aliphatic rings. The highest BCUT2D eigenvalue weighted by Gasteiger charge is 2.60. The van der Waals surface area contributed by atoms with Gasteiger partial charge in [0.25, 0.3) is 0 Å². The van der Waals surface area contributed by atoms with Crippen LogP contribution in [0.25, 0.3) is 11.1 Å². The van der Waals surface area contributed by atoms with E-state index in [0.717, 1.165) is 22.3 Å². The fourth-order valence-corrected chi connectivity index (χ4v) is 5.63. The van der Waals surface area contributed by atoms with Gasteiger partial charge < -0.3 is 25.0 Å². The van der Waals surface area contributed by atoms with Crippen molar-refractivity contribution < 1.29 is 24.2 Å². The van der Waals surface area contributed by atoms with Gasteiger partial charge in [0.1, 0.15) is 12.6 Å². The minimum absolute atomic E-state index is 0.0240. The summed E-state index contributed by atoms with van der Waals surface area (Å²) >= 11 is 0. The van der Waals surface area contributed by atoms with Crippen molar-refractivity contribution in [3.05, 3.63) is 59.7 Å². The average Bonchev–Trinajstić information content (AvgIpc) is 3.17. The summed E-state index contributed by atoms with van der Waals surface area (Å²) in [6, 6.07) is 15.5. The molecule has 1 aliphatic heterocycles. The number of carboxylic acids is 1. The number of hydrogen-bond donors (Lipinski definition) is 2. The minimum Gasteiger partial charge on any atom is -0.481 e. The number of hydrogen-bond acceptors (Lipinski definition) is 5. The number of carboxylic acid groups (broad SMARTS) is 1. The van der Waals surface area contributed by atoms with E-state index in [0.29, 0.717) is 19.6 Å². The first-order valence-electron chi connectivity index (χ1n) is 11.6. The molecule has 2 N–H and O–H groups in total. The number of nitrogens with zero attached hydrogens (tertiary/aromatic N) is 2. The maximum Gasteiger partial charge on any atom is 0.407 e. The lowest BCUT2D eigenvalue weighted by Gasteiger charge is -2.27. The standard InChI is InChI=1S/C26H29N3O5/c1-28(2)13-22(24(30)29-11-19-20(12-29)23(19)25(31)32)27-26(33)34-14-21-17-9-5-3-7-15(17)16-8-4-6-10-18(16)21/h3-10,19-23H,11-14H2,1-2H3,(H,27,33)(H,31,32)/t19-,20+,22-,23?/m0/s1. The van der Waals surface area contributed by atoms with Gasteiger partial charge in [-0.3, -0.25) is 9.59 Å². The number of benzene rings is 2. The molecule has 0 spiro atoms. The minimum atomic E-state index is -0.788. The summed E-state index contributed by atoms with van der Waals surface area (Å²) in [4.78, 5) is 40.6. The van der Waals surface area contributed by atoms with Crippen LogP contribution in [0.3, 0.4) is 0 Å². The number of carbonyl (C=O) groups excluding carboxylic acids is 2. The highest BCUT2D eigenvalue weighted by atomic mass is 16.5. The molecule has 0 bridgehead atoms. The molecule has 2 fully saturated rings. The van der Waals surface area contributed by atoms with Crippen molar-refractivity contribution in [2.45, 2.75) is 12.0 Å². The lowest BCUT2D eigenvalue weighted by Crippen LogP contribution is -2.53. The molecule has 2 amide bonds. The van der Waals surface area contributed by atoms with E-state index in [9.17, 15) is 19.5 Å². The van der Waals surface area contributed by atoms with E-state index in [1.165, 1.54) is 0 Å². The van der Waals surface area contributed by atoms with Crippen molar-refractivity contribution in [2.24, 2.45) is 17.8 Å². The molecule has 8 nitrogen and oxygen atoms in total. The second-order valence-electron chi connectivity index (χ2n) is 9.72. The van der Waals surface area contributed by atoms with Gasteiger partial charge in [-0.15, -0.1) is 0 Å². The Kier molecular flexibility index (Phi) is 5.77. The second kappa shape index (κ2) is 8.76. The summed E-state index contributed by atoms with van der Waals surface area (Å²) in [5.41, 5.74) is 4.56. The SMILES string of the molecule is CN(C)C[C@H](NC(=O)OCC1c2ccccc2-c2ccccc21)C(=O)N1C[C@@H]2C(C(=O)O)[C@@H]2C1. The Hall–Kier alpha value is -3.39. The largest absolute Gasteiger partial charge is 0.481 e. The number of alkyl carbamates (subject to hydrolysis) is 1. The predicted octanol–water partition coefficient (Wildman–Crippen LogP) is 2.24. The van der Waals surface area contributed by atoms with E-state index >= 15 is 0 Å². The Balaban J connectivity index is 1.22. The van der Waals surface area contributed by atoms with Crippen LogP contribution >= 0.6 is 0 Å². The Morgan fingerprint density at radius 2 is 1.59 bits per heavy atom. The summed E-state index contributed by atoms with van der Waals surface area (Å²) in [5.74, 6) is -1.33. The van der Waals surface area contributed by atoms with Gasteiger partial charge in [-0.05, 0) is 48.2 Å². The summed E-state index contributed by atoms with van der Waals surface area (Å²) in [7, 11) is 3.67. The Morgan fingerprint density at radius 3 is 2.12 bits per heavy atom. The number of likely N-dealkylation sites (tertiary alicyclic amines) is 1. The predicted molar refractivity (Wildman–Crippen MR) is 125 cm³/mol. The van der Waals surface area contributed by atoms with Crippen molar-refractivity contribution in [1.29, 1.82) is 0 Å². The fourth-order valence-electron chi connectivity index (χ4n) is 5.63. The normalized spacial score (nSPS) is 23.1. The van der Waals surface area contributed by atoms with Crippen LogP contribution in [0.1, 0.15) is 17.0 Å². The molecule has 0 aromatic heterocycles. The zero-order valence-corrected chi connectivity index (χ0v) is 19.3. The van der Waals surface area contributed by atoms with Crippen LogP contribution in [0.15, 0.2) is 48.5 Å². The van der Waals surface area contributed by atoms with Crippen molar-refractivity contribution >= 4 is 18.0 Å². The number of amides is 2. The molecule has 1 saturated carbocycles. The number of rotatable bonds is 7. The zero-order valence-electron chi connectivity index (χ0n) is 19.3. The number of likely N-dealkylation sites (N-methyl/N-ethyl adjacent to an activating group) is 1. The van der Waals surface area contributed by atoms with Crippen LogP contribution in [0.2, 0.25) is 0 Å². The first-order chi connectivity index (χ1) is 16.3. The first-order valence-corrected chi connectivity index (χ1v) is 11.6. The molecule has 34 heavy (non-hydrogen) atoms. The van der Waals surface area contributed by atoms with Crippen molar-refractivity contribution in [2.75, 3.05) is 40.3 Å². The lowest BCUT2D eigenvalue weighted by molar-refractivity contribution is -0.141. The van der Waals surface area contributed by atoms with Crippen molar-refractivity contribution in [1.82, 2.24) is 15.1 Å². The fraction of sp³-hybridized carbons (Fsp3) is 0.423. The van der Waals surface area contributed by atoms with Crippen LogP contribution in [0, 0.1) is 17.8 Å². The summed E-state index contributed by atoms with van der Waals surface area (Å²) in [5, 5.41) is 12.0. The van der Waals surface area contributed by atoms with E-state index in [2.05, 4.69) is 29.6 Å². The van der Waals surface area contributed by atoms with Gasteiger partial charge in [-0.1, -0.05) is 48.5 Å². The van der Waals surface area contributed by atoms with E-state index in [1.54, 1.807) is 4.90 Å². The smallest absolute Gasteiger partial charge is 0.407 e. The number of nitrogens with one attached hydrogen (secondary N) is 1. The molecule has 8 heteroatoms. The van der Waals surface area contributed by atoms with Crippen LogP contribution in [0.5, 0.6) is 0 Å². The third kappa shape index (κ3) is 4.03. The van der Waals surface area contributed by atoms with Crippen molar-refractivity contribution in [3.8, 4) is 11.1 Å². The molecule has 4 atom stereocenters. The van der Waals surface area contributed by atoms with Gasteiger partial charge >= 0.3 is 12.1 Å². The van der Waals surface area contributed by atoms with Gasteiger partial charge in [0.15, 0.2) is 0 Å². The Bertz CT molecular complexity index is 1080. The molecule has 0 radical (unpaired) electrons. The molecule has 1 heterocycles. The molecule has 1 unspecified atom stereocenters. The zero-order chi connectivity index (χ0) is 24.0. The molecule has 1 saturated heterocycles. The van der Waals surface area contributed by atoms with Crippen LogP contribution < -0.4 is 5.32 Å². The number of aliphatic carboxylic acids is 1. The maximum atomic E-state index is 13.1. The Morgan fingerprint density at radius 1 is 1.03 bits per heavy atom. The lowest BCUT2D eigenvalue weighted by atomic mass is 9.98. The number of piperidine rings is 1. The number of ether oxygens (including phenoxy) is 1. The number of fused-ring (bicyclic) bond motifs is 4. The second-order valence-corrected chi connectivity index (χ2v) is 9.72. The van der Waals surface area contributed by atoms with Crippen LogP contribution in [-0.4, -0.2) is 79.3 Å². The summed E-state index contributed by atoms with van der Waals surface area (Å²) in [6.45, 7) is 1.36. The van der Waals surface area contributed by atoms with Gasteiger partial charge in [-0.25, -0.2) is 4.79 Å². The molecule has 178 valence electrons. The monoisotopic (exact) mass is 463 g/mol. The highest BCUT2D eigenvalue weighted by molar-refractivity contribution is 5.87. The third-order valence-electron chi connectivity index (χ3n) is 7.27. The van der Waals surface area contributed by atoms with Gasteiger partial charge in [0.05, 0.1) is 5.92 Å². The molecule has 2 aromatic rings. The van der Waals surface area contributed by atoms with E-state index < -0.39 is 18.1 Å². The molecule has 5 rings (SSSR count). The third-order valence-corrected chi connectivity index (χ3v) is 7.27. The summed E-state index contributed by atoms with van der Waals surface area (Å²) in [6.07, 6.45) is -0.630. The van der Waals surface area contributed by atoms with Crippen LogP contribution in [0.4, 0.5) is 4.79 Å². The van der Waals surface area contributed by atoms with E-state index in [1.807, 2.05) is 43.3 Å². The Labute approximate surface area is 198 Å². The quantitative estimate of drug-likeness (QED) is 0.654. The molecule has 2 aromatic carbocycles.